The predicted octanol–water partition coefficient (Wildman–Crippen LogP) is 3.02. The smallest absolute Gasteiger partial charge is 0.425 e. The van der Waals surface area contributed by atoms with Crippen molar-refractivity contribution >= 4 is 33.4 Å². The van der Waals surface area contributed by atoms with Gasteiger partial charge in [-0.25, -0.2) is 17.5 Å². The van der Waals surface area contributed by atoms with Crippen LogP contribution in [0, 0.1) is 5.41 Å². The summed E-state index contributed by atoms with van der Waals surface area (Å²) in [5.41, 5.74) is 2.03. The predicted molar refractivity (Wildman–Crippen MR) is 126 cm³/mol. The summed E-state index contributed by atoms with van der Waals surface area (Å²) in [4.78, 5) is 17.8. The Morgan fingerprint density at radius 2 is 1.80 bits per heavy atom. The van der Waals surface area contributed by atoms with Crippen molar-refractivity contribution in [1.82, 2.24) is 14.1 Å². The van der Waals surface area contributed by atoms with Gasteiger partial charge >= 0.3 is 12.3 Å². The molecule has 3 heterocycles. The van der Waals surface area contributed by atoms with Crippen LogP contribution in [0.5, 0.6) is 0 Å². The van der Waals surface area contributed by atoms with Gasteiger partial charge in [0, 0.05) is 75.0 Å². The molecule has 0 saturated carbocycles. The average molecular weight is 539 g/mol. The summed E-state index contributed by atoms with van der Waals surface area (Å²) in [6, 6.07) is 5.72. The minimum atomic E-state index is -4.58. The van der Waals surface area contributed by atoms with Gasteiger partial charge < -0.3 is 14.5 Å². The number of anilines is 1. The number of piperazine rings is 1. The first kappa shape index (κ1) is 26.3. The maximum atomic E-state index is 12.7. The molecule has 1 aromatic rings. The van der Waals surface area contributed by atoms with Crippen molar-refractivity contribution in [3.63, 3.8) is 0 Å². The molecule has 0 aromatic heterocycles. The Morgan fingerprint density at radius 3 is 2.40 bits per heavy atom. The Kier molecular flexibility index (Phi) is 7.22. The first-order valence-electron chi connectivity index (χ1n) is 11.5. The van der Waals surface area contributed by atoms with E-state index in [2.05, 4.69) is 14.5 Å². The Hall–Kier alpha value is -1.76. The second-order valence-electron chi connectivity index (χ2n) is 9.81. The molecule has 0 N–H and O–H groups in total. The highest BCUT2D eigenvalue weighted by Crippen LogP contribution is 2.43. The van der Waals surface area contributed by atoms with Crippen LogP contribution in [0.25, 0.3) is 0 Å². The van der Waals surface area contributed by atoms with E-state index in [0.717, 1.165) is 37.7 Å². The van der Waals surface area contributed by atoms with E-state index < -0.39 is 28.4 Å². The van der Waals surface area contributed by atoms with E-state index in [0.29, 0.717) is 37.7 Å². The van der Waals surface area contributed by atoms with E-state index in [-0.39, 0.29) is 18.5 Å². The summed E-state index contributed by atoms with van der Waals surface area (Å²) in [5.74, 6) is 0. The van der Waals surface area contributed by atoms with Crippen LogP contribution in [0.3, 0.4) is 0 Å². The Labute approximate surface area is 208 Å². The lowest BCUT2D eigenvalue weighted by Gasteiger charge is -2.46. The van der Waals surface area contributed by atoms with Gasteiger partial charge in [-0.15, -0.1) is 0 Å². The fraction of sp³-hybridized carbons (Fsp3) is 0.682. The maximum Gasteiger partial charge on any atom is 0.425 e. The first-order chi connectivity index (χ1) is 16.3. The fourth-order valence-corrected chi connectivity index (χ4v) is 6.11. The summed E-state index contributed by atoms with van der Waals surface area (Å²) in [5, 5.41) is 0.613. The van der Waals surface area contributed by atoms with E-state index in [1.54, 1.807) is 0 Å². The minimum Gasteiger partial charge on any atom is -0.437 e. The second-order valence-corrected chi connectivity index (χ2v) is 12.2. The molecule has 1 atom stereocenters. The van der Waals surface area contributed by atoms with Crippen molar-refractivity contribution in [1.29, 1.82) is 0 Å². The minimum absolute atomic E-state index is 0.0395. The number of halogens is 4. The van der Waals surface area contributed by atoms with E-state index in [1.165, 1.54) is 15.5 Å². The molecular formula is C22H30ClF3N4O4S. The Bertz CT molecular complexity index is 1060. The average Bonchev–Trinajstić information content (AvgIpc) is 3.19. The molecule has 1 spiro atoms. The summed E-state index contributed by atoms with van der Waals surface area (Å²) >= 11 is 6.30. The highest BCUT2D eigenvalue weighted by molar-refractivity contribution is 7.88. The molecule has 0 bridgehead atoms. The van der Waals surface area contributed by atoms with Gasteiger partial charge in [0.2, 0.25) is 10.0 Å². The molecule has 4 rings (SSSR count). The zero-order valence-corrected chi connectivity index (χ0v) is 21.3. The number of hydrogen-bond acceptors (Lipinski definition) is 6. The topological polar surface area (TPSA) is 73.4 Å². The van der Waals surface area contributed by atoms with Crippen molar-refractivity contribution in [3.05, 3.63) is 28.8 Å². The molecule has 0 radical (unpaired) electrons. The molecule has 0 aliphatic carbocycles. The number of amides is 1. The van der Waals surface area contributed by atoms with E-state index in [4.69, 9.17) is 11.6 Å². The number of benzene rings is 1. The van der Waals surface area contributed by atoms with Gasteiger partial charge in [0.05, 0.1) is 6.26 Å². The number of hydrogen-bond donors (Lipinski definition) is 0. The monoisotopic (exact) mass is 538 g/mol. The van der Waals surface area contributed by atoms with Crippen molar-refractivity contribution < 1.29 is 31.1 Å². The first-order valence-corrected chi connectivity index (χ1v) is 13.7. The summed E-state index contributed by atoms with van der Waals surface area (Å²) in [6.07, 6.45) is -5.54. The summed E-state index contributed by atoms with van der Waals surface area (Å²) in [6.45, 7) is 5.61. The summed E-state index contributed by atoms with van der Waals surface area (Å²) in [7, 11) is -3.18. The molecule has 1 unspecified atom stereocenters. The van der Waals surface area contributed by atoms with Crippen LogP contribution >= 0.6 is 11.6 Å². The Balaban J connectivity index is 1.35. The van der Waals surface area contributed by atoms with Crippen molar-refractivity contribution in [2.24, 2.45) is 5.41 Å². The van der Waals surface area contributed by atoms with Crippen molar-refractivity contribution in [2.45, 2.75) is 32.2 Å². The van der Waals surface area contributed by atoms with Gasteiger partial charge in [0.15, 0.2) is 6.10 Å². The normalized spacial score (nSPS) is 22.3. The number of carbonyl (C=O) groups excluding carboxylic acids is 1. The van der Waals surface area contributed by atoms with Gasteiger partial charge in [-0.05, 0) is 31.0 Å². The molecule has 1 amide bonds. The quantitative estimate of drug-likeness (QED) is 0.574. The van der Waals surface area contributed by atoms with E-state index in [9.17, 15) is 26.4 Å². The van der Waals surface area contributed by atoms with Crippen LogP contribution < -0.4 is 4.90 Å². The lowest BCUT2D eigenvalue weighted by molar-refractivity contribution is -0.200. The fourth-order valence-electron chi connectivity index (χ4n) is 4.92. The lowest BCUT2D eigenvalue weighted by atomic mass is 9.81. The molecule has 35 heavy (non-hydrogen) atoms. The van der Waals surface area contributed by atoms with E-state index >= 15 is 0 Å². The maximum absolute atomic E-state index is 12.7. The van der Waals surface area contributed by atoms with Crippen molar-refractivity contribution in [2.75, 3.05) is 63.5 Å². The Morgan fingerprint density at radius 1 is 1.14 bits per heavy atom. The molecule has 3 fully saturated rings. The summed E-state index contributed by atoms with van der Waals surface area (Å²) < 4.78 is 67.7. The van der Waals surface area contributed by atoms with Gasteiger partial charge in [-0.3, -0.25) is 4.90 Å². The van der Waals surface area contributed by atoms with Crippen LogP contribution in [0.2, 0.25) is 5.02 Å². The third kappa shape index (κ3) is 5.98. The molecule has 3 aliphatic rings. The standard InChI is InChI=1S/C22H30ClF3N4O4S/c1-16(22(24,25)26)34-20(31)28-9-7-27(8-10-28)12-17-3-4-18(23)11-19(17)29-6-5-21(13-29)14-30(15-21)35(2,32)33/h3-4,11,16H,5-10,12-15H2,1-2H3. The number of rotatable bonds is 5. The van der Waals surface area contributed by atoms with Gasteiger partial charge in [-0.2, -0.15) is 13.2 Å². The van der Waals surface area contributed by atoms with Gasteiger partial charge in [0.25, 0.3) is 0 Å². The van der Waals surface area contributed by atoms with Gasteiger partial charge in [-0.1, -0.05) is 17.7 Å². The number of carbonyl (C=O) groups is 1. The highest BCUT2D eigenvalue weighted by Gasteiger charge is 2.50. The SMILES string of the molecule is CC(OC(=O)N1CCN(Cc2ccc(Cl)cc2N2CCC3(C2)CN(S(C)(=O)=O)C3)CC1)C(F)(F)F. The number of alkyl halides is 3. The molecule has 196 valence electrons. The molecule has 3 saturated heterocycles. The zero-order valence-electron chi connectivity index (χ0n) is 19.7. The number of sulfonamides is 1. The molecule has 8 nitrogen and oxygen atoms in total. The molecule has 1 aromatic carbocycles. The van der Waals surface area contributed by atoms with Crippen LogP contribution in [-0.2, 0) is 21.3 Å². The largest absolute Gasteiger partial charge is 0.437 e. The van der Waals surface area contributed by atoms with Crippen LogP contribution in [-0.4, -0.2) is 99.5 Å². The van der Waals surface area contributed by atoms with Gasteiger partial charge in [0.1, 0.15) is 0 Å². The van der Waals surface area contributed by atoms with Crippen LogP contribution in [0.1, 0.15) is 18.9 Å². The highest BCUT2D eigenvalue weighted by atomic mass is 35.5. The lowest BCUT2D eigenvalue weighted by Crippen LogP contribution is -2.59. The third-order valence-corrected chi connectivity index (χ3v) is 8.51. The third-order valence-electron chi connectivity index (χ3n) is 7.08. The molecule has 3 aliphatic heterocycles. The second kappa shape index (κ2) is 9.60. The molecule has 13 heteroatoms. The number of nitrogens with zero attached hydrogens (tertiary/aromatic N) is 4. The van der Waals surface area contributed by atoms with Crippen molar-refractivity contribution in [3.8, 4) is 0 Å². The van der Waals surface area contributed by atoms with Crippen LogP contribution in [0.4, 0.5) is 23.7 Å². The molecular weight excluding hydrogens is 509 g/mol. The van der Waals surface area contributed by atoms with Crippen LogP contribution in [0.15, 0.2) is 18.2 Å². The number of ether oxygens (including phenoxy) is 1. The van der Waals surface area contributed by atoms with E-state index in [1.807, 2.05) is 18.2 Å². The zero-order chi connectivity index (χ0) is 25.6.